The van der Waals surface area contributed by atoms with Gasteiger partial charge < -0.3 is 41.6 Å². The Bertz CT molecular complexity index is 1310. The minimum absolute atomic E-state index is 0.0290. The Morgan fingerprint density at radius 1 is 0.841 bits per heavy atom. The molecule has 1 heterocycles. The van der Waals surface area contributed by atoms with Crippen molar-refractivity contribution in [2.24, 2.45) is 11.5 Å². The minimum atomic E-state index is -1.29. The normalized spacial score (nSPS) is 17.2. The third kappa shape index (κ3) is 11.4. The van der Waals surface area contributed by atoms with Crippen molar-refractivity contribution in [3.8, 4) is 5.75 Å². The van der Waals surface area contributed by atoms with Crippen LogP contribution in [0.25, 0.3) is 0 Å². The molecule has 14 nitrogen and oxygen atoms in total. The number of hydrogen-bond donors (Lipinski definition) is 5. The Hall–Kier alpha value is -4.98. The molecule has 0 aromatic heterocycles. The highest BCUT2D eigenvalue weighted by Crippen LogP contribution is 2.30. The zero-order valence-corrected chi connectivity index (χ0v) is 24.2. The van der Waals surface area contributed by atoms with Gasteiger partial charge in [0.15, 0.2) is 6.61 Å². The number of carbonyl (C=O) groups is 6. The zero-order valence-electron chi connectivity index (χ0n) is 24.2. The Labute approximate surface area is 254 Å². The average Bonchev–Trinajstić information content (AvgIpc) is 3.76. The smallest absolute Gasteiger partial charge is 0.328 e. The van der Waals surface area contributed by atoms with E-state index in [2.05, 4.69) is 16.0 Å². The number of rotatable bonds is 18. The molecule has 5 amide bonds. The second kappa shape index (κ2) is 16.6. The predicted octanol–water partition coefficient (Wildman–Crippen LogP) is -0.766. The number of carbonyl (C=O) groups excluding carboxylic acids is 6. The number of para-hydroxylation sites is 1. The summed E-state index contributed by atoms with van der Waals surface area (Å²) in [5.74, 6) is -3.54. The van der Waals surface area contributed by atoms with Crippen LogP contribution < -0.4 is 32.2 Å². The summed E-state index contributed by atoms with van der Waals surface area (Å²) in [5.41, 5.74) is 11.4. The van der Waals surface area contributed by atoms with Crippen LogP contribution in [0.3, 0.4) is 0 Å². The van der Waals surface area contributed by atoms with Gasteiger partial charge in [0, 0.05) is 6.42 Å². The molecular formula is C30H37N5O9. The van der Waals surface area contributed by atoms with Crippen LogP contribution in [0.2, 0.25) is 0 Å². The largest absolute Gasteiger partial charge is 0.484 e. The molecule has 0 radical (unpaired) electrons. The second-order valence-corrected chi connectivity index (χ2v) is 10.2. The van der Waals surface area contributed by atoms with Gasteiger partial charge in [-0.1, -0.05) is 48.5 Å². The van der Waals surface area contributed by atoms with Crippen LogP contribution >= 0.6 is 0 Å². The first-order valence-corrected chi connectivity index (χ1v) is 14.0. The third-order valence-electron chi connectivity index (χ3n) is 6.70. The Balaban J connectivity index is 1.65. The number of benzene rings is 2. The predicted molar refractivity (Wildman–Crippen MR) is 155 cm³/mol. The topological polar surface area (TPSA) is 222 Å². The van der Waals surface area contributed by atoms with Gasteiger partial charge in [-0.25, -0.2) is 4.79 Å². The van der Waals surface area contributed by atoms with Gasteiger partial charge in [-0.15, -0.1) is 0 Å². The Morgan fingerprint density at radius 3 is 2.09 bits per heavy atom. The molecule has 1 fully saturated rings. The first-order chi connectivity index (χ1) is 21.0. The standard InChI is InChI=1S/C30H37N5O9/c1-42-30(41)20(12-13-24(31)36)33-26(38)16-23-28(44-23)21(14-18-8-4-2-5-9-18)35-29(40)22(15-25(32)37)34-27(39)17-43-19-10-6-3-7-11-19/h2-11,20-23,28H,12-17H2,1H3,(H2,31,36)(H2,32,37)(H,33,38)(H,34,39)(H,35,40)/t20-,21?,22+,23?,28?/m0/s1. The lowest BCUT2D eigenvalue weighted by Crippen LogP contribution is -2.53. The van der Waals surface area contributed by atoms with Gasteiger partial charge in [0.25, 0.3) is 5.91 Å². The van der Waals surface area contributed by atoms with Crippen molar-refractivity contribution >= 4 is 35.5 Å². The van der Waals surface area contributed by atoms with Crippen molar-refractivity contribution in [3.63, 3.8) is 0 Å². The van der Waals surface area contributed by atoms with E-state index < -0.39 is 78.9 Å². The maximum atomic E-state index is 13.3. The molecule has 3 rings (SSSR count). The van der Waals surface area contributed by atoms with Crippen molar-refractivity contribution in [1.29, 1.82) is 0 Å². The number of methoxy groups -OCH3 is 1. The molecule has 3 unspecified atom stereocenters. The van der Waals surface area contributed by atoms with E-state index in [1.165, 1.54) is 0 Å². The summed E-state index contributed by atoms with van der Waals surface area (Å²) in [6, 6.07) is 14.8. The number of hydrogen-bond acceptors (Lipinski definition) is 9. The SMILES string of the molecule is COC(=O)[C@H](CCC(N)=O)NC(=O)CC1OC1C(Cc1ccccc1)NC(=O)[C@@H](CC(N)=O)NC(=O)COc1ccccc1. The molecule has 2 aromatic carbocycles. The number of epoxide rings is 1. The Morgan fingerprint density at radius 2 is 1.48 bits per heavy atom. The van der Waals surface area contributed by atoms with Crippen LogP contribution in [0.5, 0.6) is 5.75 Å². The fourth-order valence-corrected chi connectivity index (χ4v) is 4.50. The molecular weight excluding hydrogens is 574 g/mol. The van der Waals surface area contributed by atoms with Gasteiger partial charge in [0.05, 0.1) is 32.1 Å². The molecule has 7 N–H and O–H groups in total. The van der Waals surface area contributed by atoms with E-state index in [0.29, 0.717) is 12.2 Å². The second-order valence-electron chi connectivity index (χ2n) is 10.2. The lowest BCUT2D eigenvalue weighted by atomic mass is 9.99. The van der Waals surface area contributed by atoms with Crippen LogP contribution in [-0.2, 0) is 44.7 Å². The molecule has 44 heavy (non-hydrogen) atoms. The number of nitrogens with two attached hydrogens (primary N) is 2. The molecule has 2 aromatic rings. The van der Waals surface area contributed by atoms with Crippen LogP contribution in [0.15, 0.2) is 60.7 Å². The van der Waals surface area contributed by atoms with E-state index in [1.807, 2.05) is 30.3 Å². The summed E-state index contributed by atoms with van der Waals surface area (Å²) < 4.78 is 15.9. The summed E-state index contributed by atoms with van der Waals surface area (Å²) in [6.45, 7) is -0.394. The molecule has 236 valence electrons. The summed E-state index contributed by atoms with van der Waals surface area (Å²) in [4.78, 5) is 73.6. The first kappa shape index (κ1) is 33.5. The van der Waals surface area contributed by atoms with Gasteiger partial charge in [0.2, 0.25) is 23.6 Å². The first-order valence-electron chi connectivity index (χ1n) is 14.0. The van der Waals surface area contributed by atoms with E-state index in [0.717, 1.165) is 12.7 Å². The zero-order chi connectivity index (χ0) is 32.1. The summed E-state index contributed by atoms with van der Waals surface area (Å²) in [5, 5.41) is 7.85. The highest BCUT2D eigenvalue weighted by molar-refractivity contribution is 5.92. The summed E-state index contributed by atoms with van der Waals surface area (Å²) in [6.07, 6.45) is -1.66. The van der Waals surface area contributed by atoms with Gasteiger partial charge >= 0.3 is 5.97 Å². The highest BCUT2D eigenvalue weighted by atomic mass is 16.6. The molecule has 0 saturated carbocycles. The molecule has 14 heteroatoms. The van der Waals surface area contributed by atoms with E-state index in [-0.39, 0.29) is 19.3 Å². The molecule has 1 aliphatic heterocycles. The molecule has 1 aliphatic rings. The number of primary amides is 2. The molecule has 1 saturated heterocycles. The molecule has 5 atom stereocenters. The Kier molecular flexibility index (Phi) is 12.6. The van der Waals surface area contributed by atoms with Crippen molar-refractivity contribution in [1.82, 2.24) is 16.0 Å². The van der Waals surface area contributed by atoms with E-state index in [1.54, 1.807) is 30.3 Å². The van der Waals surface area contributed by atoms with Gasteiger partial charge in [-0.3, -0.25) is 24.0 Å². The number of ether oxygens (including phenoxy) is 3. The van der Waals surface area contributed by atoms with Crippen LogP contribution in [0.1, 0.15) is 31.2 Å². The summed E-state index contributed by atoms with van der Waals surface area (Å²) >= 11 is 0. The number of amides is 5. The highest BCUT2D eigenvalue weighted by Gasteiger charge is 2.47. The molecule has 0 spiro atoms. The maximum absolute atomic E-state index is 13.3. The van der Waals surface area contributed by atoms with Crippen molar-refractivity contribution in [2.75, 3.05) is 13.7 Å². The van der Waals surface area contributed by atoms with Gasteiger partial charge in [-0.2, -0.15) is 0 Å². The van der Waals surface area contributed by atoms with Crippen LogP contribution in [0, 0.1) is 0 Å². The van der Waals surface area contributed by atoms with E-state index in [9.17, 15) is 28.8 Å². The molecule has 0 aliphatic carbocycles. The summed E-state index contributed by atoms with van der Waals surface area (Å²) in [7, 11) is 1.16. The maximum Gasteiger partial charge on any atom is 0.328 e. The lowest BCUT2D eigenvalue weighted by molar-refractivity contribution is -0.145. The fourth-order valence-electron chi connectivity index (χ4n) is 4.50. The number of esters is 1. The van der Waals surface area contributed by atoms with Crippen molar-refractivity contribution < 1.29 is 43.0 Å². The third-order valence-corrected chi connectivity index (χ3v) is 6.70. The average molecular weight is 612 g/mol. The monoisotopic (exact) mass is 611 g/mol. The quantitative estimate of drug-likeness (QED) is 0.105. The van der Waals surface area contributed by atoms with Gasteiger partial charge in [-0.05, 0) is 30.5 Å². The van der Waals surface area contributed by atoms with Crippen LogP contribution in [-0.4, -0.2) is 79.6 Å². The number of nitrogens with one attached hydrogen (secondary N) is 3. The fraction of sp³-hybridized carbons (Fsp3) is 0.400. The van der Waals surface area contributed by atoms with Gasteiger partial charge in [0.1, 0.15) is 23.9 Å². The lowest BCUT2D eigenvalue weighted by Gasteiger charge is -2.22. The van der Waals surface area contributed by atoms with E-state index >= 15 is 0 Å². The molecule has 0 bridgehead atoms. The minimum Gasteiger partial charge on any atom is -0.484 e. The van der Waals surface area contributed by atoms with Crippen molar-refractivity contribution in [2.45, 2.75) is 62.4 Å². The van der Waals surface area contributed by atoms with E-state index in [4.69, 9.17) is 25.7 Å². The van der Waals surface area contributed by atoms with Crippen molar-refractivity contribution in [3.05, 3.63) is 66.2 Å². The van der Waals surface area contributed by atoms with Crippen LogP contribution in [0.4, 0.5) is 0 Å².